The SMILES string of the molecule is CON(C)S(=O)(=O)c1cccc(C(=O)Nc2nc3ccccc3s2)c1. The van der Waals surface area contributed by atoms with Crippen LogP contribution in [0.3, 0.4) is 0 Å². The van der Waals surface area contributed by atoms with Crippen molar-refractivity contribution in [1.82, 2.24) is 9.45 Å². The van der Waals surface area contributed by atoms with Gasteiger partial charge >= 0.3 is 0 Å². The first-order valence-corrected chi connectivity index (χ1v) is 9.47. The van der Waals surface area contributed by atoms with Gasteiger partial charge in [-0.25, -0.2) is 13.4 Å². The molecular formula is C16H15N3O4S2. The van der Waals surface area contributed by atoms with Crippen molar-refractivity contribution in [1.29, 1.82) is 0 Å². The molecule has 130 valence electrons. The maximum absolute atomic E-state index is 12.4. The fourth-order valence-corrected chi connectivity index (χ4v) is 4.02. The second-order valence-corrected chi connectivity index (χ2v) is 8.03. The van der Waals surface area contributed by atoms with E-state index in [0.29, 0.717) is 5.13 Å². The molecule has 0 saturated heterocycles. The van der Waals surface area contributed by atoms with E-state index < -0.39 is 15.9 Å². The summed E-state index contributed by atoms with van der Waals surface area (Å²) in [5.74, 6) is -0.434. The molecule has 0 unspecified atom stereocenters. The number of carbonyl (C=O) groups excluding carboxylic acids is 1. The number of thiazole rings is 1. The van der Waals surface area contributed by atoms with E-state index in [2.05, 4.69) is 10.3 Å². The van der Waals surface area contributed by atoms with Gasteiger partial charge in [0.2, 0.25) is 0 Å². The number of benzene rings is 2. The highest BCUT2D eigenvalue weighted by Gasteiger charge is 2.22. The van der Waals surface area contributed by atoms with Crippen molar-refractivity contribution < 1.29 is 18.0 Å². The topological polar surface area (TPSA) is 88.6 Å². The lowest BCUT2D eigenvalue weighted by molar-refractivity contribution is -0.0258. The minimum atomic E-state index is -3.82. The minimum Gasteiger partial charge on any atom is -0.298 e. The molecule has 0 saturated carbocycles. The van der Waals surface area contributed by atoms with Crippen LogP contribution in [0.5, 0.6) is 0 Å². The van der Waals surface area contributed by atoms with Crippen molar-refractivity contribution in [2.24, 2.45) is 0 Å². The molecule has 0 aliphatic heterocycles. The first kappa shape index (κ1) is 17.5. The van der Waals surface area contributed by atoms with Gasteiger partial charge in [0.05, 0.1) is 22.2 Å². The van der Waals surface area contributed by atoms with Crippen LogP contribution in [0.15, 0.2) is 53.4 Å². The standard InChI is InChI=1S/C16H15N3O4S2/c1-19(23-2)25(21,22)12-7-5-6-11(10-12)15(20)18-16-17-13-8-3-4-9-14(13)24-16/h3-10H,1-2H3,(H,17,18,20). The lowest BCUT2D eigenvalue weighted by atomic mass is 10.2. The van der Waals surface area contributed by atoms with Crippen LogP contribution in [0.25, 0.3) is 10.2 Å². The van der Waals surface area contributed by atoms with Crippen LogP contribution in [0, 0.1) is 0 Å². The number of nitrogens with one attached hydrogen (secondary N) is 1. The fourth-order valence-electron chi connectivity index (χ4n) is 2.14. The third-order valence-electron chi connectivity index (χ3n) is 3.50. The summed E-state index contributed by atoms with van der Waals surface area (Å²) in [5, 5.41) is 3.15. The lowest BCUT2D eigenvalue weighted by Crippen LogP contribution is -2.26. The van der Waals surface area contributed by atoms with E-state index >= 15 is 0 Å². The van der Waals surface area contributed by atoms with Crippen molar-refractivity contribution in [3.63, 3.8) is 0 Å². The first-order chi connectivity index (χ1) is 11.9. The minimum absolute atomic E-state index is 0.0335. The van der Waals surface area contributed by atoms with Crippen molar-refractivity contribution in [3.05, 3.63) is 54.1 Å². The number of rotatable bonds is 5. The van der Waals surface area contributed by atoms with Crippen molar-refractivity contribution in [2.45, 2.75) is 4.90 Å². The van der Waals surface area contributed by atoms with Crippen LogP contribution >= 0.6 is 11.3 Å². The highest BCUT2D eigenvalue weighted by Crippen LogP contribution is 2.26. The first-order valence-electron chi connectivity index (χ1n) is 7.22. The second-order valence-electron chi connectivity index (χ2n) is 5.07. The number of sulfonamides is 1. The highest BCUT2D eigenvalue weighted by molar-refractivity contribution is 7.89. The monoisotopic (exact) mass is 377 g/mol. The summed E-state index contributed by atoms with van der Waals surface area (Å²) in [4.78, 5) is 21.5. The van der Waals surface area contributed by atoms with E-state index in [-0.39, 0.29) is 10.5 Å². The molecule has 0 fully saturated rings. The zero-order valence-corrected chi connectivity index (χ0v) is 15.1. The molecular weight excluding hydrogens is 362 g/mol. The normalized spacial score (nSPS) is 11.8. The van der Waals surface area contributed by atoms with E-state index in [1.54, 1.807) is 0 Å². The number of anilines is 1. The van der Waals surface area contributed by atoms with Crippen LogP contribution in [0.2, 0.25) is 0 Å². The quantitative estimate of drug-likeness (QED) is 0.691. The Bertz CT molecular complexity index is 998. The van der Waals surface area contributed by atoms with E-state index in [1.165, 1.54) is 49.8 Å². The summed E-state index contributed by atoms with van der Waals surface area (Å²) in [6, 6.07) is 13.3. The molecule has 0 radical (unpaired) electrons. The van der Waals surface area contributed by atoms with Gasteiger partial charge in [-0.1, -0.05) is 34.0 Å². The van der Waals surface area contributed by atoms with Crippen LogP contribution in [0.1, 0.15) is 10.4 Å². The number of carbonyl (C=O) groups is 1. The Morgan fingerprint density at radius 3 is 2.68 bits per heavy atom. The van der Waals surface area contributed by atoms with E-state index in [0.717, 1.165) is 14.7 Å². The van der Waals surface area contributed by atoms with Crippen molar-refractivity contribution >= 4 is 42.6 Å². The summed E-state index contributed by atoms with van der Waals surface area (Å²) in [6.07, 6.45) is 0. The Hall–Kier alpha value is -2.33. The Kier molecular flexibility index (Phi) is 4.82. The molecule has 0 aliphatic carbocycles. The number of aromatic nitrogens is 1. The largest absolute Gasteiger partial charge is 0.298 e. The summed E-state index contributed by atoms with van der Waals surface area (Å²) >= 11 is 1.35. The third kappa shape index (κ3) is 3.54. The Labute approximate surface area is 148 Å². The molecule has 2 aromatic carbocycles. The number of fused-ring (bicyclic) bond motifs is 1. The molecule has 1 aromatic heterocycles. The second kappa shape index (κ2) is 6.89. The van der Waals surface area contributed by atoms with Crippen molar-refractivity contribution in [3.8, 4) is 0 Å². The predicted molar refractivity (Wildman–Crippen MR) is 96.0 cm³/mol. The number of amides is 1. The molecule has 1 amide bonds. The summed E-state index contributed by atoms with van der Waals surface area (Å²) < 4.78 is 26.2. The number of hydrogen-bond donors (Lipinski definition) is 1. The number of hydrogen-bond acceptors (Lipinski definition) is 6. The van der Waals surface area contributed by atoms with Gasteiger partial charge in [-0.15, -0.1) is 0 Å². The van der Waals surface area contributed by atoms with E-state index in [1.807, 2.05) is 24.3 Å². The average molecular weight is 377 g/mol. The number of para-hydroxylation sites is 1. The number of nitrogens with zero attached hydrogens (tertiary/aromatic N) is 2. The Balaban J connectivity index is 1.86. The van der Waals surface area contributed by atoms with Gasteiger partial charge < -0.3 is 0 Å². The van der Waals surface area contributed by atoms with Crippen LogP contribution in [0.4, 0.5) is 5.13 Å². The van der Waals surface area contributed by atoms with Gasteiger partial charge in [0.25, 0.3) is 15.9 Å². The van der Waals surface area contributed by atoms with Gasteiger partial charge in [-0.05, 0) is 30.3 Å². The Morgan fingerprint density at radius 1 is 1.20 bits per heavy atom. The average Bonchev–Trinajstić information content (AvgIpc) is 3.03. The molecule has 9 heteroatoms. The summed E-state index contributed by atoms with van der Waals surface area (Å²) in [5.41, 5.74) is 1.01. The van der Waals surface area contributed by atoms with Crippen LogP contribution in [-0.2, 0) is 14.9 Å². The van der Waals surface area contributed by atoms with Crippen LogP contribution in [-0.4, -0.2) is 37.9 Å². The molecule has 0 bridgehead atoms. The molecule has 25 heavy (non-hydrogen) atoms. The summed E-state index contributed by atoms with van der Waals surface area (Å²) in [7, 11) is -1.29. The van der Waals surface area contributed by atoms with Gasteiger partial charge in [0, 0.05) is 12.6 Å². The van der Waals surface area contributed by atoms with Crippen molar-refractivity contribution in [2.75, 3.05) is 19.5 Å². The van der Waals surface area contributed by atoms with Gasteiger partial charge in [-0.2, -0.15) is 0 Å². The van der Waals surface area contributed by atoms with E-state index in [4.69, 9.17) is 4.84 Å². The number of hydroxylamine groups is 1. The molecule has 3 rings (SSSR count). The van der Waals surface area contributed by atoms with E-state index in [9.17, 15) is 13.2 Å². The zero-order valence-electron chi connectivity index (χ0n) is 13.5. The maximum Gasteiger partial charge on any atom is 0.264 e. The van der Waals surface area contributed by atoms with Crippen LogP contribution < -0.4 is 5.32 Å². The molecule has 7 nitrogen and oxygen atoms in total. The predicted octanol–water partition coefficient (Wildman–Crippen LogP) is 2.73. The molecule has 1 N–H and O–H groups in total. The summed E-state index contributed by atoms with van der Waals surface area (Å²) in [6.45, 7) is 0. The molecule has 0 atom stereocenters. The maximum atomic E-state index is 12.4. The van der Waals surface area contributed by atoms with Gasteiger partial charge in [-0.3, -0.25) is 14.9 Å². The van der Waals surface area contributed by atoms with Gasteiger partial charge in [0.1, 0.15) is 0 Å². The molecule has 0 aliphatic rings. The lowest BCUT2D eigenvalue weighted by Gasteiger charge is -2.14. The third-order valence-corrected chi connectivity index (χ3v) is 6.13. The zero-order chi connectivity index (χ0) is 18.0. The molecule has 3 aromatic rings. The Morgan fingerprint density at radius 2 is 1.96 bits per heavy atom. The fraction of sp³-hybridized carbons (Fsp3) is 0.125. The highest BCUT2D eigenvalue weighted by atomic mass is 32.2. The van der Waals surface area contributed by atoms with Gasteiger partial charge in [0.15, 0.2) is 5.13 Å². The molecule has 0 spiro atoms. The molecule has 1 heterocycles. The smallest absolute Gasteiger partial charge is 0.264 e.